The highest BCUT2D eigenvalue weighted by Crippen LogP contribution is 2.33. The zero-order valence-corrected chi connectivity index (χ0v) is 23.1. The van der Waals surface area contributed by atoms with Gasteiger partial charge in [-0.15, -0.1) is 0 Å². The summed E-state index contributed by atoms with van der Waals surface area (Å²) in [5.74, 6) is -0.728. The molecule has 1 aliphatic heterocycles. The van der Waals surface area contributed by atoms with Crippen LogP contribution in [0.1, 0.15) is 24.5 Å². The molecule has 1 aliphatic carbocycles. The highest BCUT2D eigenvalue weighted by Gasteiger charge is 2.39. The second-order valence-corrected chi connectivity index (χ2v) is 12.6. The Labute approximate surface area is 233 Å². The lowest BCUT2D eigenvalue weighted by molar-refractivity contribution is -0.122. The molecule has 2 aromatic carbocycles. The molecule has 1 atom stereocenters. The van der Waals surface area contributed by atoms with Crippen molar-refractivity contribution in [1.29, 1.82) is 0 Å². The van der Waals surface area contributed by atoms with E-state index in [-0.39, 0.29) is 24.0 Å². The van der Waals surface area contributed by atoms with Crippen molar-refractivity contribution in [1.82, 2.24) is 19.2 Å². The van der Waals surface area contributed by atoms with Gasteiger partial charge in [0.05, 0.1) is 18.3 Å². The van der Waals surface area contributed by atoms with Crippen LogP contribution in [0.15, 0.2) is 78.1 Å². The summed E-state index contributed by atoms with van der Waals surface area (Å²) in [4.78, 5) is 16.7. The summed E-state index contributed by atoms with van der Waals surface area (Å²) in [5.41, 5.74) is 4.67. The normalized spacial score (nSPS) is 20.4. The Hall–Kier alpha value is -3.93. The van der Waals surface area contributed by atoms with Crippen molar-refractivity contribution in [3.8, 4) is 11.5 Å². The number of rotatable bonds is 8. The third kappa shape index (κ3) is 5.67. The number of nitrogens with zero attached hydrogens (tertiary/aromatic N) is 4. The zero-order valence-electron chi connectivity index (χ0n) is 22.3. The van der Waals surface area contributed by atoms with E-state index >= 15 is 0 Å². The molecule has 0 saturated carbocycles. The van der Waals surface area contributed by atoms with E-state index in [9.17, 15) is 23.4 Å². The van der Waals surface area contributed by atoms with Crippen LogP contribution in [0.4, 0.5) is 0 Å². The molecular weight excluding hydrogens is 530 g/mol. The van der Waals surface area contributed by atoms with Gasteiger partial charge in [0.15, 0.2) is 11.5 Å². The number of piperazine rings is 1. The van der Waals surface area contributed by atoms with Crippen molar-refractivity contribution in [2.24, 2.45) is 5.10 Å². The third-order valence-electron chi connectivity index (χ3n) is 7.46. The standard InChI is InChI=1S/C29H33N5O5S/c1-29(11-5-2-6-12-29)40(38,39)34-20-23(24-7-3-4-8-25(24)34)19-32-13-15-33(16-14-32)21-28(37)31-30-18-22-9-10-26(35)27(36)17-22/h2-11,17-18,20,35-36H,12-16,19,21H2,1H3,(H,31,37)/b30-18-. The predicted molar refractivity (Wildman–Crippen MR) is 155 cm³/mol. The molecule has 1 amide bonds. The molecule has 0 bridgehead atoms. The van der Waals surface area contributed by atoms with Crippen molar-refractivity contribution in [2.75, 3.05) is 32.7 Å². The summed E-state index contributed by atoms with van der Waals surface area (Å²) in [6, 6.07) is 11.9. The average Bonchev–Trinajstić information content (AvgIpc) is 3.31. The summed E-state index contributed by atoms with van der Waals surface area (Å²) in [5, 5.41) is 23.8. The van der Waals surface area contributed by atoms with Crippen LogP contribution in [0.3, 0.4) is 0 Å². The average molecular weight is 564 g/mol. The SMILES string of the molecule is CC1(S(=O)(=O)n2cc(CN3CCN(CC(=O)N/N=C\c4ccc(O)c(O)c4)CC3)c3ccccc32)C=CC=CC1. The van der Waals surface area contributed by atoms with E-state index in [1.165, 1.54) is 22.3 Å². The first-order valence-electron chi connectivity index (χ1n) is 13.1. The van der Waals surface area contributed by atoms with Crippen LogP contribution in [0.2, 0.25) is 0 Å². The Bertz CT molecular complexity index is 1600. The van der Waals surface area contributed by atoms with E-state index in [0.717, 1.165) is 24.0 Å². The zero-order chi connectivity index (χ0) is 28.3. The van der Waals surface area contributed by atoms with E-state index in [4.69, 9.17) is 0 Å². The van der Waals surface area contributed by atoms with Gasteiger partial charge in [0.25, 0.3) is 5.91 Å². The molecular formula is C29H33N5O5S. The van der Waals surface area contributed by atoms with Crippen LogP contribution in [-0.2, 0) is 21.4 Å². The number of phenolic OH excluding ortho intramolecular Hbond substituents is 2. The largest absolute Gasteiger partial charge is 0.504 e. The highest BCUT2D eigenvalue weighted by atomic mass is 32.2. The van der Waals surface area contributed by atoms with Gasteiger partial charge in [-0.05, 0) is 48.7 Å². The summed E-state index contributed by atoms with van der Waals surface area (Å²) >= 11 is 0. The molecule has 5 rings (SSSR count). The second-order valence-electron chi connectivity index (χ2n) is 10.4. The number of carbonyl (C=O) groups is 1. The van der Waals surface area contributed by atoms with E-state index in [2.05, 4.69) is 15.4 Å². The summed E-state index contributed by atoms with van der Waals surface area (Å²) in [6.07, 6.45) is 10.9. The molecule has 10 nitrogen and oxygen atoms in total. The molecule has 0 radical (unpaired) electrons. The van der Waals surface area contributed by atoms with Crippen molar-refractivity contribution < 1.29 is 23.4 Å². The Morgan fingerprint density at radius 2 is 1.80 bits per heavy atom. The number of benzene rings is 2. The smallest absolute Gasteiger partial charge is 0.254 e. The maximum absolute atomic E-state index is 13.7. The fourth-order valence-electron chi connectivity index (χ4n) is 5.05. The lowest BCUT2D eigenvalue weighted by atomic mass is 10.0. The van der Waals surface area contributed by atoms with Gasteiger partial charge in [0, 0.05) is 44.3 Å². The molecule has 3 aromatic rings. The molecule has 2 aliphatic rings. The minimum atomic E-state index is -3.69. The Kier molecular flexibility index (Phi) is 7.79. The first-order valence-corrected chi connectivity index (χ1v) is 14.6. The lowest BCUT2D eigenvalue weighted by Crippen LogP contribution is -2.48. The first-order chi connectivity index (χ1) is 19.2. The monoisotopic (exact) mass is 563 g/mol. The molecule has 1 saturated heterocycles. The van der Waals surface area contributed by atoms with Crippen LogP contribution in [-0.4, -0.2) is 82.0 Å². The molecule has 1 unspecified atom stereocenters. The molecule has 40 heavy (non-hydrogen) atoms. The lowest BCUT2D eigenvalue weighted by Gasteiger charge is -2.34. The maximum Gasteiger partial charge on any atom is 0.254 e. The van der Waals surface area contributed by atoms with Crippen LogP contribution in [0.5, 0.6) is 11.5 Å². The van der Waals surface area contributed by atoms with Gasteiger partial charge in [0.2, 0.25) is 10.0 Å². The second kappa shape index (κ2) is 11.3. The van der Waals surface area contributed by atoms with Crippen molar-refractivity contribution in [2.45, 2.75) is 24.6 Å². The summed E-state index contributed by atoms with van der Waals surface area (Å²) < 4.78 is 27.9. The molecule has 0 spiro atoms. The number of nitrogens with one attached hydrogen (secondary N) is 1. The molecule has 3 N–H and O–H groups in total. The van der Waals surface area contributed by atoms with Crippen molar-refractivity contribution >= 4 is 33.0 Å². The number of aromatic hydroxyl groups is 2. The van der Waals surface area contributed by atoms with Gasteiger partial charge in [-0.25, -0.2) is 17.8 Å². The fourth-order valence-corrected chi connectivity index (χ4v) is 6.74. The number of amides is 1. The number of hydrazone groups is 1. The van der Waals surface area contributed by atoms with Crippen LogP contribution < -0.4 is 5.43 Å². The topological polar surface area (TPSA) is 127 Å². The number of aromatic nitrogens is 1. The van der Waals surface area contributed by atoms with Crippen LogP contribution in [0.25, 0.3) is 10.9 Å². The molecule has 1 aromatic heterocycles. The first kappa shape index (κ1) is 27.6. The quantitative estimate of drug-likeness (QED) is 0.219. The van der Waals surface area contributed by atoms with Crippen molar-refractivity contribution in [3.05, 3.63) is 84.1 Å². The van der Waals surface area contributed by atoms with E-state index in [1.807, 2.05) is 41.3 Å². The number of para-hydroxylation sites is 1. The van der Waals surface area contributed by atoms with Crippen LogP contribution >= 0.6 is 0 Å². The minimum Gasteiger partial charge on any atom is -0.504 e. The molecule has 1 fully saturated rings. The van der Waals surface area contributed by atoms with Crippen LogP contribution in [0, 0.1) is 0 Å². The van der Waals surface area contributed by atoms with E-state index in [1.54, 1.807) is 31.3 Å². The summed E-state index contributed by atoms with van der Waals surface area (Å²) in [6.45, 7) is 5.42. The fraction of sp³-hybridized carbons (Fsp3) is 0.310. The number of fused-ring (bicyclic) bond motifs is 1. The third-order valence-corrected chi connectivity index (χ3v) is 9.76. The Morgan fingerprint density at radius 1 is 1.05 bits per heavy atom. The predicted octanol–water partition coefficient (Wildman–Crippen LogP) is 2.77. The highest BCUT2D eigenvalue weighted by molar-refractivity contribution is 7.91. The molecule has 210 valence electrons. The van der Waals surface area contributed by atoms with Gasteiger partial charge in [-0.3, -0.25) is 14.6 Å². The van der Waals surface area contributed by atoms with Crippen molar-refractivity contribution in [3.63, 3.8) is 0 Å². The Morgan fingerprint density at radius 3 is 2.52 bits per heavy atom. The summed E-state index contributed by atoms with van der Waals surface area (Å²) in [7, 11) is -3.69. The molecule has 2 heterocycles. The number of hydrogen-bond donors (Lipinski definition) is 3. The van der Waals surface area contributed by atoms with Gasteiger partial charge >= 0.3 is 0 Å². The number of phenols is 2. The van der Waals surface area contributed by atoms with Gasteiger partial charge in [-0.2, -0.15) is 5.10 Å². The van der Waals surface area contributed by atoms with E-state index in [0.29, 0.717) is 37.1 Å². The van der Waals surface area contributed by atoms with Gasteiger partial charge in [0.1, 0.15) is 4.75 Å². The number of carbonyl (C=O) groups excluding carboxylic acids is 1. The minimum absolute atomic E-state index is 0.199. The maximum atomic E-state index is 13.7. The molecule has 11 heteroatoms. The van der Waals surface area contributed by atoms with Gasteiger partial charge in [-0.1, -0.05) is 42.5 Å². The number of allylic oxidation sites excluding steroid dienone is 3. The van der Waals surface area contributed by atoms with Gasteiger partial charge < -0.3 is 10.2 Å². The van der Waals surface area contributed by atoms with E-state index < -0.39 is 14.8 Å². The number of hydrogen-bond acceptors (Lipinski definition) is 8. The Balaban J connectivity index is 1.19.